The SMILES string of the molecule is Cc1cc(Cl)c(NC(=O)N2CCC(C3CCOC3)C2)cc1Cl. The Labute approximate surface area is 140 Å². The standard InChI is InChI=1S/C16H20Cl2N2O2/c1-10-6-14(18)15(7-13(10)17)19-16(21)20-4-2-11(8-20)12-3-5-22-9-12/h6-7,11-12H,2-5,8-9H2,1H3,(H,19,21). The Morgan fingerprint density at radius 1 is 1.27 bits per heavy atom. The molecule has 2 heterocycles. The first-order valence-electron chi connectivity index (χ1n) is 7.64. The molecule has 2 amide bonds. The van der Waals surface area contributed by atoms with Crippen LogP contribution in [0, 0.1) is 18.8 Å². The maximum atomic E-state index is 12.4. The number of aryl methyl sites for hydroxylation is 1. The molecule has 0 aromatic heterocycles. The number of halogens is 2. The van der Waals surface area contributed by atoms with Gasteiger partial charge in [0.05, 0.1) is 10.7 Å². The van der Waals surface area contributed by atoms with Crippen molar-refractivity contribution >= 4 is 34.9 Å². The number of urea groups is 1. The third kappa shape index (κ3) is 3.34. The van der Waals surface area contributed by atoms with Crippen LogP contribution in [0.2, 0.25) is 10.0 Å². The second-order valence-electron chi connectivity index (χ2n) is 6.13. The third-order valence-corrected chi connectivity index (χ3v) is 5.35. The number of amides is 2. The third-order valence-electron chi connectivity index (χ3n) is 4.63. The van der Waals surface area contributed by atoms with Crippen LogP contribution in [-0.2, 0) is 4.74 Å². The molecule has 2 aliphatic heterocycles. The van der Waals surface area contributed by atoms with Gasteiger partial charge in [0.1, 0.15) is 0 Å². The van der Waals surface area contributed by atoms with Crippen LogP contribution >= 0.6 is 23.2 Å². The molecule has 1 N–H and O–H groups in total. The van der Waals surface area contributed by atoms with Crippen molar-refractivity contribution in [2.75, 3.05) is 31.6 Å². The molecule has 120 valence electrons. The summed E-state index contributed by atoms with van der Waals surface area (Å²) in [6.45, 7) is 5.14. The lowest BCUT2D eigenvalue weighted by molar-refractivity contribution is 0.171. The van der Waals surface area contributed by atoms with E-state index in [1.165, 1.54) is 0 Å². The summed E-state index contributed by atoms with van der Waals surface area (Å²) in [7, 11) is 0. The van der Waals surface area contributed by atoms with E-state index >= 15 is 0 Å². The number of rotatable bonds is 2. The Morgan fingerprint density at radius 3 is 2.82 bits per heavy atom. The van der Waals surface area contributed by atoms with Crippen LogP contribution in [0.4, 0.5) is 10.5 Å². The Morgan fingerprint density at radius 2 is 2.09 bits per heavy atom. The van der Waals surface area contributed by atoms with Crippen LogP contribution in [0.1, 0.15) is 18.4 Å². The molecule has 0 aliphatic carbocycles. The molecule has 1 aromatic carbocycles. The smallest absolute Gasteiger partial charge is 0.321 e. The van der Waals surface area contributed by atoms with Gasteiger partial charge in [-0.1, -0.05) is 23.2 Å². The summed E-state index contributed by atoms with van der Waals surface area (Å²) < 4.78 is 5.45. The predicted octanol–water partition coefficient (Wildman–Crippen LogP) is 4.19. The van der Waals surface area contributed by atoms with E-state index in [9.17, 15) is 4.79 Å². The van der Waals surface area contributed by atoms with E-state index in [1.807, 2.05) is 11.8 Å². The Hall–Kier alpha value is -0.970. The van der Waals surface area contributed by atoms with Crippen molar-refractivity contribution in [1.29, 1.82) is 0 Å². The van der Waals surface area contributed by atoms with Gasteiger partial charge in [-0.2, -0.15) is 0 Å². The largest absolute Gasteiger partial charge is 0.381 e. The van der Waals surface area contributed by atoms with E-state index in [1.54, 1.807) is 12.1 Å². The number of carbonyl (C=O) groups excluding carboxylic acids is 1. The number of carbonyl (C=O) groups is 1. The molecule has 2 unspecified atom stereocenters. The second kappa shape index (κ2) is 6.65. The highest BCUT2D eigenvalue weighted by atomic mass is 35.5. The minimum absolute atomic E-state index is 0.108. The minimum atomic E-state index is -0.108. The highest BCUT2D eigenvalue weighted by Gasteiger charge is 2.33. The van der Waals surface area contributed by atoms with E-state index in [2.05, 4.69) is 5.32 Å². The van der Waals surface area contributed by atoms with Crippen molar-refractivity contribution in [3.05, 3.63) is 27.7 Å². The van der Waals surface area contributed by atoms with Crippen molar-refractivity contribution in [2.45, 2.75) is 19.8 Å². The molecule has 22 heavy (non-hydrogen) atoms. The summed E-state index contributed by atoms with van der Waals surface area (Å²) >= 11 is 12.3. The zero-order valence-corrected chi connectivity index (χ0v) is 14.1. The predicted molar refractivity (Wildman–Crippen MR) is 88.8 cm³/mol. The monoisotopic (exact) mass is 342 g/mol. The van der Waals surface area contributed by atoms with Gasteiger partial charge in [-0.15, -0.1) is 0 Å². The fourth-order valence-corrected chi connectivity index (χ4v) is 3.65. The van der Waals surface area contributed by atoms with Gasteiger partial charge in [0, 0.05) is 31.3 Å². The molecule has 0 saturated carbocycles. The molecule has 0 radical (unpaired) electrons. The van der Waals surface area contributed by atoms with Crippen molar-refractivity contribution in [3.8, 4) is 0 Å². The van der Waals surface area contributed by atoms with E-state index in [4.69, 9.17) is 27.9 Å². The summed E-state index contributed by atoms with van der Waals surface area (Å²) in [5.41, 5.74) is 1.46. The molecule has 2 fully saturated rings. The first-order valence-corrected chi connectivity index (χ1v) is 8.39. The lowest BCUT2D eigenvalue weighted by atomic mass is 9.91. The maximum absolute atomic E-state index is 12.4. The Balaban J connectivity index is 1.62. The Bertz CT molecular complexity index is 574. The van der Waals surface area contributed by atoms with Crippen LogP contribution in [0.5, 0.6) is 0 Å². The van der Waals surface area contributed by atoms with Gasteiger partial charge in [-0.3, -0.25) is 0 Å². The van der Waals surface area contributed by atoms with E-state index in [0.29, 0.717) is 27.6 Å². The zero-order valence-electron chi connectivity index (χ0n) is 12.6. The van der Waals surface area contributed by atoms with Gasteiger partial charge in [0.25, 0.3) is 0 Å². The summed E-state index contributed by atoms with van der Waals surface area (Å²) in [6.07, 6.45) is 2.16. The molecular formula is C16H20Cl2N2O2. The zero-order chi connectivity index (χ0) is 15.7. The second-order valence-corrected chi connectivity index (χ2v) is 6.94. The summed E-state index contributed by atoms with van der Waals surface area (Å²) in [5.74, 6) is 1.14. The average molecular weight is 343 g/mol. The summed E-state index contributed by atoms with van der Waals surface area (Å²) in [5, 5.41) is 3.98. The number of anilines is 1. The quantitative estimate of drug-likeness (QED) is 0.875. The number of ether oxygens (including phenoxy) is 1. The molecule has 3 rings (SSSR count). The van der Waals surface area contributed by atoms with Crippen LogP contribution in [0.25, 0.3) is 0 Å². The number of hydrogen-bond acceptors (Lipinski definition) is 2. The van der Waals surface area contributed by atoms with Crippen molar-refractivity contribution in [3.63, 3.8) is 0 Å². The molecule has 6 heteroatoms. The average Bonchev–Trinajstić information content (AvgIpc) is 3.15. The van der Waals surface area contributed by atoms with Crippen LogP contribution < -0.4 is 5.32 Å². The van der Waals surface area contributed by atoms with Crippen molar-refractivity contribution in [2.24, 2.45) is 11.8 Å². The van der Waals surface area contributed by atoms with E-state index in [-0.39, 0.29) is 6.03 Å². The fourth-order valence-electron chi connectivity index (χ4n) is 3.22. The number of hydrogen-bond donors (Lipinski definition) is 1. The van der Waals surface area contributed by atoms with Crippen LogP contribution in [0.15, 0.2) is 12.1 Å². The van der Waals surface area contributed by atoms with E-state index < -0.39 is 0 Å². The topological polar surface area (TPSA) is 41.6 Å². The molecular weight excluding hydrogens is 323 g/mol. The van der Waals surface area contributed by atoms with E-state index in [0.717, 1.165) is 44.7 Å². The van der Waals surface area contributed by atoms with Gasteiger partial charge in [-0.05, 0) is 49.3 Å². The van der Waals surface area contributed by atoms with Gasteiger partial charge >= 0.3 is 6.03 Å². The molecule has 0 bridgehead atoms. The summed E-state index contributed by atoms with van der Waals surface area (Å²) in [4.78, 5) is 14.3. The molecule has 2 saturated heterocycles. The molecule has 0 spiro atoms. The molecule has 1 aromatic rings. The maximum Gasteiger partial charge on any atom is 0.321 e. The number of likely N-dealkylation sites (tertiary alicyclic amines) is 1. The van der Waals surface area contributed by atoms with Gasteiger partial charge in [-0.25, -0.2) is 4.79 Å². The normalized spacial score (nSPS) is 24.8. The lowest BCUT2D eigenvalue weighted by Gasteiger charge is -2.20. The van der Waals surface area contributed by atoms with Crippen molar-refractivity contribution in [1.82, 2.24) is 4.90 Å². The lowest BCUT2D eigenvalue weighted by Crippen LogP contribution is -2.33. The number of nitrogens with zero attached hydrogens (tertiary/aromatic N) is 1. The summed E-state index contributed by atoms with van der Waals surface area (Å²) in [6, 6.07) is 3.36. The highest BCUT2D eigenvalue weighted by molar-refractivity contribution is 6.36. The van der Waals surface area contributed by atoms with Gasteiger partial charge < -0.3 is 15.0 Å². The molecule has 4 nitrogen and oxygen atoms in total. The number of benzene rings is 1. The highest BCUT2D eigenvalue weighted by Crippen LogP contribution is 2.32. The van der Waals surface area contributed by atoms with Gasteiger partial charge in [0.15, 0.2) is 0 Å². The minimum Gasteiger partial charge on any atom is -0.381 e. The van der Waals surface area contributed by atoms with Gasteiger partial charge in [0.2, 0.25) is 0 Å². The number of nitrogens with one attached hydrogen (secondary N) is 1. The molecule has 2 atom stereocenters. The van der Waals surface area contributed by atoms with Crippen LogP contribution in [-0.4, -0.2) is 37.2 Å². The van der Waals surface area contributed by atoms with Crippen LogP contribution in [0.3, 0.4) is 0 Å². The molecule has 2 aliphatic rings. The first-order chi connectivity index (χ1) is 10.5. The Kier molecular flexibility index (Phi) is 4.81. The van der Waals surface area contributed by atoms with Crippen molar-refractivity contribution < 1.29 is 9.53 Å². The fraction of sp³-hybridized carbons (Fsp3) is 0.562. The first kappa shape index (κ1) is 15.9.